The number of carbonyl (C=O) groups is 2. The molecule has 0 spiro atoms. The molecule has 2 amide bonds. The summed E-state index contributed by atoms with van der Waals surface area (Å²) in [5, 5.41) is 11.3. The van der Waals surface area contributed by atoms with Crippen molar-refractivity contribution in [2.45, 2.75) is 44.1 Å². The number of aromatic nitrogens is 4. The number of benzene rings is 2. The molecule has 3 aliphatic rings. The van der Waals surface area contributed by atoms with Gasteiger partial charge in [0.1, 0.15) is 6.33 Å². The van der Waals surface area contributed by atoms with Crippen molar-refractivity contribution in [2.75, 3.05) is 19.6 Å². The zero-order valence-corrected chi connectivity index (χ0v) is 19.3. The third kappa shape index (κ3) is 3.85. The predicted molar refractivity (Wildman–Crippen MR) is 127 cm³/mol. The Kier molecular flexibility index (Phi) is 5.29. The average Bonchev–Trinajstić information content (AvgIpc) is 3.57. The zero-order valence-electron chi connectivity index (χ0n) is 19.3. The minimum Gasteiger partial charge on any atom is -0.336 e. The van der Waals surface area contributed by atoms with Gasteiger partial charge in [-0.3, -0.25) is 9.59 Å². The molecule has 0 radical (unpaired) electrons. The number of piperazine rings is 1. The summed E-state index contributed by atoms with van der Waals surface area (Å²) >= 11 is 0. The molecule has 6 rings (SSSR count). The van der Waals surface area contributed by atoms with E-state index in [0.29, 0.717) is 18.8 Å². The molecule has 1 aromatic heterocycles. The summed E-state index contributed by atoms with van der Waals surface area (Å²) in [7, 11) is 0. The molecule has 3 aromatic rings. The van der Waals surface area contributed by atoms with Crippen LogP contribution in [0.15, 0.2) is 42.7 Å². The lowest BCUT2D eigenvalue weighted by atomic mass is 9.87. The maximum Gasteiger partial charge on any atom is 0.242 e. The van der Waals surface area contributed by atoms with Crippen molar-refractivity contribution in [3.8, 4) is 5.69 Å². The lowest BCUT2D eigenvalue weighted by Crippen LogP contribution is -2.57. The Bertz CT molecular complexity index is 1340. The third-order valence-electron chi connectivity index (χ3n) is 7.65. The quantitative estimate of drug-likeness (QED) is 0.552. The molecule has 1 aliphatic heterocycles. The monoisotopic (exact) mass is 467 g/mol. The van der Waals surface area contributed by atoms with Crippen molar-refractivity contribution in [3.05, 3.63) is 76.4 Å². The van der Waals surface area contributed by atoms with Gasteiger partial charge in [0, 0.05) is 19.1 Å². The van der Waals surface area contributed by atoms with E-state index in [9.17, 15) is 9.59 Å². The molecular weight excluding hydrogens is 442 g/mol. The van der Waals surface area contributed by atoms with E-state index < -0.39 is 0 Å². The Morgan fingerprint density at radius 3 is 2.71 bits per heavy atom. The van der Waals surface area contributed by atoms with Crippen molar-refractivity contribution in [1.82, 2.24) is 30.0 Å². The second-order valence-electron chi connectivity index (χ2n) is 9.54. The van der Waals surface area contributed by atoms with E-state index in [4.69, 9.17) is 6.57 Å². The fourth-order valence-electron chi connectivity index (χ4n) is 5.82. The van der Waals surface area contributed by atoms with Crippen LogP contribution < -0.4 is 0 Å². The van der Waals surface area contributed by atoms with Gasteiger partial charge >= 0.3 is 0 Å². The number of rotatable bonds is 3. The second kappa shape index (κ2) is 8.62. The molecule has 0 bridgehead atoms. The molecule has 2 atom stereocenters. The van der Waals surface area contributed by atoms with Crippen molar-refractivity contribution in [2.24, 2.45) is 0 Å². The molecule has 2 aromatic carbocycles. The number of aryl methyl sites for hydroxylation is 2. The summed E-state index contributed by atoms with van der Waals surface area (Å²) in [6.07, 6.45) is 5.72. The molecule has 2 aliphatic carbocycles. The Balaban J connectivity index is 1.12. The first-order valence-electron chi connectivity index (χ1n) is 12.0. The summed E-state index contributed by atoms with van der Waals surface area (Å²) in [6.45, 7) is 8.50. The van der Waals surface area contributed by atoms with Gasteiger partial charge < -0.3 is 9.80 Å². The van der Waals surface area contributed by atoms with E-state index in [0.717, 1.165) is 48.9 Å². The molecule has 176 valence electrons. The van der Waals surface area contributed by atoms with Gasteiger partial charge in [-0.05, 0) is 71.4 Å². The van der Waals surface area contributed by atoms with Crippen molar-refractivity contribution in [1.29, 1.82) is 0 Å². The van der Waals surface area contributed by atoms with Crippen LogP contribution in [0.3, 0.4) is 0 Å². The highest BCUT2D eigenvalue weighted by Gasteiger charge is 2.37. The van der Waals surface area contributed by atoms with Crippen LogP contribution in [0.5, 0.6) is 0 Å². The van der Waals surface area contributed by atoms with Crippen molar-refractivity contribution >= 4 is 17.5 Å². The van der Waals surface area contributed by atoms with E-state index in [2.05, 4.69) is 20.4 Å². The van der Waals surface area contributed by atoms with Gasteiger partial charge in [0.2, 0.25) is 11.8 Å². The predicted octanol–water partition coefficient (Wildman–Crippen LogP) is 2.47. The smallest absolute Gasteiger partial charge is 0.242 e. The fraction of sp³-hybridized carbons (Fsp3) is 0.385. The first kappa shape index (κ1) is 21.5. The molecule has 1 fully saturated rings. The number of fused-ring (bicyclic) bond motifs is 2. The van der Waals surface area contributed by atoms with E-state index >= 15 is 0 Å². The van der Waals surface area contributed by atoms with Gasteiger partial charge in [-0.2, -0.15) is 0 Å². The Morgan fingerprint density at radius 2 is 1.91 bits per heavy atom. The van der Waals surface area contributed by atoms with Gasteiger partial charge in [0.25, 0.3) is 0 Å². The normalized spacial score (nSPS) is 21.4. The van der Waals surface area contributed by atoms with Crippen LogP contribution in [-0.2, 0) is 28.9 Å². The van der Waals surface area contributed by atoms with Crippen LogP contribution >= 0.6 is 0 Å². The molecule has 9 nitrogen and oxygen atoms in total. The maximum atomic E-state index is 13.4. The number of tetrazole rings is 1. The maximum absolute atomic E-state index is 13.4. The topological polar surface area (TPSA) is 88.6 Å². The molecule has 9 heteroatoms. The Labute approximate surface area is 203 Å². The molecule has 2 unspecified atom stereocenters. The summed E-state index contributed by atoms with van der Waals surface area (Å²) in [6, 6.07) is 12.0. The molecule has 35 heavy (non-hydrogen) atoms. The largest absolute Gasteiger partial charge is 0.336 e. The van der Waals surface area contributed by atoms with Gasteiger partial charge in [0.05, 0.1) is 24.7 Å². The summed E-state index contributed by atoms with van der Waals surface area (Å²) < 4.78 is 1.61. The lowest BCUT2D eigenvalue weighted by Gasteiger charge is -2.41. The van der Waals surface area contributed by atoms with Crippen molar-refractivity contribution < 1.29 is 9.59 Å². The van der Waals surface area contributed by atoms with Crippen molar-refractivity contribution in [3.63, 3.8) is 0 Å². The van der Waals surface area contributed by atoms with Crippen LogP contribution in [0, 0.1) is 6.57 Å². The van der Waals surface area contributed by atoms with Gasteiger partial charge in [-0.25, -0.2) is 9.53 Å². The highest BCUT2D eigenvalue weighted by Crippen LogP contribution is 2.36. The van der Waals surface area contributed by atoms with Gasteiger partial charge in [0.15, 0.2) is 5.69 Å². The van der Waals surface area contributed by atoms with E-state index in [1.54, 1.807) is 15.9 Å². The number of amides is 2. The number of hydrogen-bond donors (Lipinski definition) is 0. The highest BCUT2D eigenvalue weighted by atomic mass is 16.2. The van der Waals surface area contributed by atoms with Gasteiger partial charge in [-0.15, -0.1) is 5.10 Å². The minimum absolute atomic E-state index is 0.0306. The Morgan fingerprint density at radius 1 is 1.03 bits per heavy atom. The lowest BCUT2D eigenvalue weighted by molar-refractivity contribution is -0.148. The number of carbonyl (C=O) groups excluding carboxylic acids is 2. The van der Waals surface area contributed by atoms with E-state index in [-0.39, 0.29) is 30.3 Å². The SMILES string of the molecule is [C-]#[N+]c1ccc2c(c1)CCC(N1CCN(C(=O)C3CCc4cc(-n5cnnn5)ccc43)CC1=O)C2. The van der Waals surface area contributed by atoms with Crippen LogP contribution in [0.1, 0.15) is 41.0 Å². The Hall–Kier alpha value is -4.06. The molecule has 0 saturated carbocycles. The first-order valence-corrected chi connectivity index (χ1v) is 12.0. The standard InChI is InChI=1S/C26H25N7O2/c1-27-20-5-2-18-13-21(6-3-17(18)12-20)32-11-10-31(15-25(32)34)26(35)24-8-4-19-14-22(7-9-23(19)24)33-16-28-29-30-33/h2,5,7,9,12,14,16,21,24H,3-4,6,8,10-11,13,15H2. The van der Waals surface area contributed by atoms with E-state index in [1.807, 2.05) is 41.3 Å². The molecular formula is C26H25N7O2. The number of hydrogen-bond acceptors (Lipinski definition) is 5. The number of nitrogens with zero attached hydrogens (tertiary/aromatic N) is 7. The minimum atomic E-state index is -0.203. The summed E-state index contributed by atoms with van der Waals surface area (Å²) in [5.74, 6) is -0.124. The van der Waals surface area contributed by atoms with Crippen LogP contribution in [0.25, 0.3) is 10.5 Å². The third-order valence-corrected chi connectivity index (χ3v) is 7.65. The molecule has 0 N–H and O–H groups in total. The molecule has 1 saturated heterocycles. The van der Waals surface area contributed by atoms with E-state index in [1.165, 1.54) is 11.1 Å². The zero-order chi connectivity index (χ0) is 23.9. The summed E-state index contributed by atoms with van der Waals surface area (Å²) in [5.41, 5.74) is 6.19. The summed E-state index contributed by atoms with van der Waals surface area (Å²) in [4.78, 5) is 33.8. The van der Waals surface area contributed by atoms with Crippen LogP contribution in [0.2, 0.25) is 0 Å². The van der Waals surface area contributed by atoms with Crippen LogP contribution in [0.4, 0.5) is 5.69 Å². The second-order valence-corrected chi connectivity index (χ2v) is 9.54. The fourth-order valence-corrected chi connectivity index (χ4v) is 5.82. The van der Waals surface area contributed by atoms with Crippen LogP contribution in [-0.4, -0.2) is 67.5 Å². The van der Waals surface area contributed by atoms with Gasteiger partial charge in [-0.1, -0.05) is 29.8 Å². The molecule has 2 heterocycles. The first-order chi connectivity index (χ1) is 17.1. The highest BCUT2D eigenvalue weighted by molar-refractivity contribution is 5.90. The average molecular weight is 468 g/mol.